The summed E-state index contributed by atoms with van der Waals surface area (Å²) in [6, 6.07) is 0. The standard InChI is InChI=1S/C24H26ClNOS2.ClH/c25-19-13-18-14-22-21(23(18)28-16-19)6-4-5-17-7-8-20(29-24(17)22)15-27-12-11-26-9-2-1-3-10-26;/h4-6,8,13,16H,1-3,7,9-12,14-15H2;1H. The van der Waals surface area contributed by atoms with Crippen LogP contribution in [-0.4, -0.2) is 37.7 Å². The molecule has 2 aliphatic carbocycles. The number of rotatable bonds is 5. The van der Waals surface area contributed by atoms with Gasteiger partial charge in [-0.15, -0.1) is 12.4 Å². The number of hydrogen-bond donors (Lipinski definition) is 0. The van der Waals surface area contributed by atoms with E-state index in [1.807, 2.05) is 17.2 Å². The van der Waals surface area contributed by atoms with Gasteiger partial charge in [-0.1, -0.05) is 65.8 Å². The predicted molar refractivity (Wildman–Crippen MR) is 134 cm³/mol. The molecule has 0 bridgehead atoms. The average Bonchev–Trinajstić information content (AvgIpc) is 3.00. The molecule has 0 saturated carbocycles. The average molecular weight is 481 g/mol. The smallest absolute Gasteiger partial charge is 0.0776 e. The molecular formula is C24H27Cl2NOS2. The molecule has 2 nitrogen and oxygen atoms in total. The first-order chi connectivity index (χ1) is 14.3. The van der Waals surface area contributed by atoms with E-state index >= 15 is 0 Å². The molecule has 0 amide bonds. The van der Waals surface area contributed by atoms with Crippen molar-refractivity contribution in [1.29, 1.82) is 0 Å². The Kier molecular flexibility index (Phi) is 7.77. The molecule has 0 unspecified atom stereocenters. The van der Waals surface area contributed by atoms with E-state index in [0.29, 0.717) is 0 Å². The van der Waals surface area contributed by atoms with Gasteiger partial charge >= 0.3 is 0 Å². The molecule has 5 rings (SSSR count). The van der Waals surface area contributed by atoms with Crippen LogP contribution in [0, 0.1) is 0 Å². The Morgan fingerprint density at radius 1 is 1.10 bits per heavy atom. The zero-order valence-electron chi connectivity index (χ0n) is 17.0. The Morgan fingerprint density at radius 3 is 2.83 bits per heavy atom. The highest BCUT2D eigenvalue weighted by Crippen LogP contribution is 2.53. The Morgan fingerprint density at radius 2 is 1.97 bits per heavy atom. The molecule has 160 valence electrons. The van der Waals surface area contributed by atoms with Gasteiger partial charge in [-0.2, -0.15) is 0 Å². The summed E-state index contributed by atoms with van der Waals surface area (Å²) in [7, 11) is 0. The number of thioether (sulfide) groups is 2. The summed E-state index contributed by atoms with van der Waals surface area (Å²) in [4.78, 5) is 6.69. The number of ether oxygens (including phenoxy) is 1. The lowest BCUT2D eigenvalue weighted by Gasteiger charge is -2.26. The number of fused-ring (bicyclic) bond motifs is 3. The van der Waals surface area contributed by atoms with Crippen molar-refractivity contribution in [2.45, 2.75) is 32.1 Å². The Balaban J connectivity index is 0.00000218. The minimum Gasteiger partial charge on any atom is -0.375 e. The van der Waals surface area contributed by atoms with Crippen molar-refractivity contribution in [3.63, 3.8) is 0 Å². The minimum absolute atomic E-state index is 0. The SMILES string of the molecule is Cl.ClC1=CSC2=C3C=CC=C4CC=C(COCCN5CCCCC5)SC4=C3CC2=C1. The molecule has 6 heteroatoms. The van der Waals surface area contributed by atoms with E-state index in [1.165, 1.54) is 69.4 Å². The van der Waals surface area contributed by atoms with Gasteiger partial charge in [0.2, 0.25) is 0 Å². The lowest BCUT2D eigenvalue weighted by Crippen LogP contribution is -2.32. The maximum Gasteiger partial charge on any atom is 0.0776 e. The van der Waals surface area contributed by atoms with Crippen LogP contribution >= 0.6 is 47.5 Å². The lowest BCUT2D eigenvalue weighted by molar-refractivity contribution is 0.113. The van der Waals surface area contributed by atoms with Gasteiger partial charge in [0.25, 0.3) is 0 Å². The van der Waals surface area contributed by atoms with Gasteiger partial charge in [0, 0.05) is 32.7 Å². The molecule has 1 fully saturated rings. The Bertz CT molecular complexity index is 917. The van der Waals surface area contributed by atoms with Crippen molar-refractivity contribution in [3.05, 3.63) is 77.8 Å². The van der Waals surface area contributed by atoms with E-state index in [1.54, 1.807) is 11.8 Å². The van der Waals surface area contributed by atoms with Crippen LogP contribution in [-0.2, 0) is 4.74 Å². The summed E-state index contributed by atoms with van der Waals surface area (Å²) in [6.45, 7) is 5.10. The number of likely N-dealkylation sites (tertiary alicyclic amines) is 1. The van der Waals surface area contributed by atoms with E-state index in [-0.39, 0.29) is 12.4 Å². The van der Waals surface area contributed by atoms with Gasteiger partial charge in [0.15, 0.2) is 0 Å². The molecule has 5 aliphatic rings. The molecule has 30 heavy (non-hydrogen) atoms. The summed E-state index contributed by atoms with van der Waals surface area (Å²) in [5.74, 6) is 0. The highest BCUT2D eigenvalue weighted by molar-refractivity contribution is 8.07. The van der Waals surface area contributed by atoms with Crippen LogP contribution in [0.15, 0.2) is 77.8 Å². The molecule has 1 saturated heterocycles. The molecule has 0 aromatic carbocycles. The first-order valence-electron chi connectivity index (χ1n) is 10.5. The molecule has 0 atom stereocenters. The van der Waals surface area contributed by atoms with Crippen molar-refractivity contribution in [1.82, 2.24) is 4.90 Å². The van der Waals surface area contributed by atoms with Crippen LogP contribution in [0.2, 0.25) is 0 Å². The van der Waals surface area contributed by atoms with Crippen LogP contribution in [0.4, 0.5) is 0 Å². The lowest BCUT2D eigenvalue weighted by atomic mass is 10.0. The van der Waals surface area contributed by atoms with Crippen molar-refractivity contribution in [2.75, 3.05) is 32.8 Å². The van der Waals surface area contributed by atoms with Gasteiger partial charge in [-0.05, 0) is 66.1 Å². The van der Waals surface area contributed by atoms with Gasteiger partial charge in [-0.3, -0.25) is 0 Å². The number of nitrogens with zero attached hydrogens (tertiary/aromatic N) is 1. The van der Waals surface area contributed by atoms with Gasteiger partial charge in [-0.25, -0.2) is 0 Å². The number of allylic oxidation sites excluding steroid dienone is 10. The van der Waals surface area contributed by atoms with Crippen molar-refractivity contribution in [2.24, 2.45) is 0 Å². The number of halogens is 2. The highest BCUT2D eigenvalue weighted by atomic mass is 35.5. The van der Waals surface area contributed by atoms with Crippen LogP contribution in [0.25, 0.3) is 0 Å². The largest absolute Gasteiger partial charge is 0.375 e. The van der Waals surface area contributed by atoms with Crippen LogP contribution < -0.4 is 0 Å². The maximum atomic E-state index is 6.26. The summed E-state index contributed by atoms with van der Waals surface area (Å²) < 4.78 is 6.07. The fourth-order valence-electron chi connectivity index (χ4n) is 4.48. The van der Waals surface area contributed by atoms with Crippen LogP contribution in [0.1, 0.15) is 32.1 Å². The van der Waals surface area contributed by atoms with Crippen molar-refractivity contribution >= 4 is 47.5 Å². The molecule has 0 N–H and O–H groups in total. The summed E-state index contributed by atoms with van der Waals surface area (Å²) in [6.07, 6.45) is 17.3. The fourth-order valence-corrected chi connectivity index (χ4v) is 6.80. The molecule has 3 heterocycles. The third kappa shape index (κ3) is 4.90. The van der Waals surface area contributed by atoms with Gasteiger partial charge < -0.3 is 9.64 Å². The fraction of sp³-hybridized carbons (Fsp3) is 0.417. The third-order valence-corrected chi connectivity index (χ3v) is 8.68. The molecule has 0 radical (unpaired) electrons. The second kappa shape index (κ2) is 10.3. The molecular weight excluding hydrogens is 453 g/mol. The van der Waals surface area contributed by atoms with Crippen molar-refractivity contribution < 1.29 is 4.74 Å². The normalized spacial score (nSPS) is 23.5. The zero-order chi connectivity index (χ0) is 19.6. The molecule has 0 aromatic rings. The molecule has 0 spiro atoms. The number of piperidine rings is 1. The van der Waals surface area contributed by atoms with E-state index in [9.17, 15) is 0 Å². The van der Waals surface area contributed by atoms with E-state index in [4.69, 9.17) is 16.3 Å². The maximum absolute atomic E-state index is 6.26. The second-order valence-electron chi connectivity index (χ2n) is 8.00. The minimum atomic E-state index is 0. The van der Waals surface area contributed by atoms with Crippen LogP contribution in [0.5, 0.6) is 0 Å². The predicted octanol–water partition coefficient (Wildman–Crippen LogP) is 7.09. The molecule has 3 aliphatic heterocycles. The first-order valence-corrected chi connectivity index (χ1v) is 12.6. The Labute approximate surface area is 199 Å². The second-order valence-corrected chi connectivity index (χ2v) is 10.5. The van der Waals surface area contributed by atoms with Crippen molar-refractivity contribution in [3.8, 4) is 0 Å². The third-order valence-electron chi connectivity index (χ3n) is 5.98. The quantitative estimate of drug-likeness (QED) is 0.389. The van der Waals surface area contributed by atoms with Gasteiger partial charge in [0.1, 0.15) is 0 Å². The summed E-state index contributed by atoms with van der Waals surface area (Å²) >= 11 is 9.94. The van der Waals surface area contributed by atoms with Gasteiger partial charge in [0.05, 0.1) is 13.2 Å². The highest BCUT2D eigenvalue weighted by Gasteiger charge is 2.30. The van der Waals surface area contributed by atoms with E-state index in [2.05, 4.69) is 35.3 Å². The Hall–Kier alpha value is -0.620. The summed E-state index contributed by atoms with van der Waals surface area (Å²) in [5, 5.41) is 2.89. The van der Waals surface area contributed by atoms with Crippen LogP contribution in [0.3, 0.4) is 0 Å². The first kappa shape index (κ1) is 22.6. The molecule has 0 aromatic heterocycles. The van der Waals surface area contributed by atoms with E-state index in [0.717, 1.165) is 37.6 Å². The topological polar surface area (TPSA) is 12.5 Å². The zero-order valence-corrected chi connectivity index (χ0v) is 20.2. The monoisotopic (exact) mass is 479 g/mol. The summed E-state index contributed by atoms with van der Waals surface area (Å²) in [5.41, 5.74) is 5.63. The van der Waals surface area contributed by atoms with E-state index < -0.39 is 0 Å². The number of hydrogen-bond acceptors (Lipinski definition) is 4.